The number of pyridine rings is 3. The third-order valence-corrected chi connectivity index (χ3v) is 6.02. The number of rotatable bonds is 6. The molecule has 0 bridgehead atoms. The molecule has 1 aliphatic rings. The summed E-state index contributed by atoms with van der Waals surface area (Å²) in [5, 5.41) is 10.9. The van der Waals surface area contributed by atoms with Crippen molar-refractivity contribution in [3.05, 3.63) is 66.0 Å². The van der Waals surface area contributed by atoms with Gasteiger partial charge < -0.3 is 15.5 Å². The number of Topliss-reactive ketones (excluding diaryl/α,β-unsaturated/α-hetero) is 1. The van der Waals surface area contributed by atoms with Gasteiger partial charge in [-0.15, -0.1) is 0 Å². The van der Waals surface area contributed by atoms with Crippen LogP contribution in [0.5, 0.6) is 0 Å². The molecule has 5 rings (SSSR count). The highest BCUT2D eigenvalue weighted by Crippen LogP contribution is 2.46. The van der Waals surface area contributed by atoms with Crippen LogP contribution < -0.4 is 15.5 Å². The lowest BCUT2D eigenvalue weighted by Gasteiger charge is -2.34. The number of carbonyl (C=O) groups excluding carboxylic acids is 1. The zero-order chi connectivity index (χ0) is 27.2. The fraction of sp³-hybridized carbons (Fsp3) is 0.240. The first-order chi connectivity index (χ1) is 18.0. The molecule has 10 heteroatoms. The quantitative estimate of drug-likeness (QED) is 0.376. The van der Waals surface area contributed by atoms with Crippen LogP contribution in [0.25, 0.3) is 11.3 Å². The number of nitrogens with zero attached hydrogens (tertiary/aromatic N) is 6. The number of aromatic nitrogens is 5. The minimum absolute atomic E-state index is 0.00632. The van der Waals surface area contributed by atoms with Crippen molar-refractivity contribution < 1.29 is 13.3 Å². The van der Waals surface area contributed by atoms with Gasteiger partial charge in [0.1, 0.15) is 17.5 Å². The Hall–Kier alpha value is -4.34. The van der Waals surface area contributed by atoms with Crippen LogP contribution in [0, 0.1) is 5.82 Å². The maximum atomic E-state index is 13.3. The Morgan fingerprint density at radius 1 is 1.14 bits per heavy atom. The van der Waals surface area contributed by atoms with E-state index in [0.29, 0.717) is 23.1 Å². The smallest absolute Gasteiger partial charge is 0.166 e. The monoisotopic (exact) mass is 475 g/mol. The maximum Gasteiger partial charge on any atom is 0.166 e. The molecule has 4 aromatic heterocycles. The van der Waals surface area contributed by atoms with Crippen LogP contribution in [-0.4, -0.2) is 37.6 Å². The zero-order valence-corrected chi connectivity index (χ0v) is 19.4. The van der Waals surface area contributed by atoms with Crippen molar-refractivity contribution >= 4 is 34.6 Å². The zero-order valence-electron chi connectivity index (χ0n) is 22.4. The van der Waals surface area contributed by atoms with Gasteiger partial charge in [0, 0.05) is 60.4 Å². The minimum atomic E-state index is -2.45. The molecule has 0 saturated carbocycles. The van der Waals surface area contributed by atoms with E-state index in [4.69, 9.17) is 4.11 Å². The number of hydrogen-bond acceptors (Lipinski definition) is 8. The summed E-state index contributed by atoms with van der Waals surface area (Å²) < 4.78 is 37.7. The van der Waals surface area contributed by atoms with Gasteiger partial charge in [-0.05, 0) is 25.1 Å². The Balaban J connectivity index is 1.58. The summed E-state index contributed by atoms with van der Waals surface area (Å²) in [7, 11) is 3.82. The van der Waals surface area contributed by atoms with Crippen molar-refractivity contribution in [1.29, 1.82) is 0 Å². The Morgan fingerprint density at radius 3 is 2.74 bits per heavy atom. The van der Waals surface area contributed by atoms with Crippen molar-refractivity contribution in [3.63, 3.8) is 0 Å². The molecule has 0 aliphatic carbocycles. The lowest BCUT2D eigenvalue weighted by atomic mass is 9.96. The van der Waals surface area contributed by atoms with Crippen LogP contribution in [0.15, 0.2) is 49.1 Å². The van der Waals surface area contributed by atoms with Crippen LogP contribution in [-0.2, 0) is 7.05 Å². The van der Waals surface area contributed by atoms with E-state index in [1.54, 1.807) is 16.9 Å². The van der Waals surface area contributed by atoms with Crippen molar-refractivity contribution in [1.82, 2.24) is 24.7 Å². The summed E-state index contributed by atoms with van der Waals surface area (Å²) in [5.41, 5.74) is 3.99. The molecular formula is C25H25FN8O. The first-order valence-electron chi connectivity index (χ1n) is 12.4. The van der Waals surface area contributed by atoms with Crippen LogP contribution in [0.4, 0.5) is 33.2 Å². The van der Waals surface area contributed by atoms with Gasteiger partial charge in [-0.2, -0.15) is 5.10 Å². The molecule has 0 spiro atoms. The summed E-state index contributed by atoms with van der Waals surface area (Å²) in [6, 6.07) is 6.17. The number of hydrogen-bond donors (Lipinski definition) is 2. The first-order valence-corrected chi connectivity index (χ1v) is 10.9. The van der Waals surface area contributed by atoms with E-state index in [1.807, 2.05) is 26.4 Å². The number of aryl methyl sites for hydroxylation is 1. The van der Waals surface area contributed by atoms with Gasteiger partial charge in [-0.25, -0.2) is 19.3 Å². The van der Waals surface area contributed by atoms with Crippen LogP contribution in [0.1, 0.15) is 46.3 Å². The predicted molar refractivity (Wildman–Crippen MR) is 133 cm³/mol. The second-order valence-electron chi connectivity index (χ2n) is 8.28. The van der Waals surface area contributed by atoms with Gasteiger partial charge in [-0.1, -0.05) is 6.85 Å². The summed E-state index contributed by atoms with van der Waals surface area (Å²) in [6.07, 6.45) is 5.36. The summed E-state index contributed by atoms with van der Waals surface area (Å²) in [5.74, 6) is 0.0531. The van der Waals surface area contributed by atoms with E-state index in [9.17, 15) is 9.18 Å². The highest BCUT2D eigenvalue weighted by molar-refractivity contribution is 6.02. The molecular weight excluding hydrogens is 447 g/mol. The topological polar surface area (TPSA) is 101 Å². The van der Waals surface area contributed by atoms with Gasteiger partial charge in [0.15, 0.2) is 11.6 Å². The Kier molecular flexibility index (Phi) is 4.77. The molecule has 1 aliphatic heterocycles. The Bertz CT molecular complexity index is 1520. The molecule has 0 fully saturated rings. The van der Waals surface area contributed by atoms with Gasteiger partial charge >= 0.3 is 0 Å². The average Bonchev–Trinajstić information content (AvgIpc) is 3.25. The Morgan fingerprint density at radius 2 is 1.97 bits per heavy atom. The van der Waals surface area contributed by atoms with Crippen molar-refractivity contribution in [2.24, 2.45) is 7.05 Å². The molecule has 9 nitrogen and oxygen atoms in total. The number of carbonyl (C=O) groups is 1. The molecule has 178 valence electrons. The molecule has 35 heavy (non-hydrogen) atoms. The first kappa shape index (κ1) is 19.0. The van der Waals surface area contributed by atoms with E-state index in [1.165, 1.54) is 18.3 Å². The van der Waals surface area contributed by atoms with Crippen molar-refractivity contribution in [2.75, 3.05) is 22.6 Å². The molecule has 0 aromatic carbocycles. The molecule has 0 unspecified atom stereocenters. The molecule has 0 radical (unpaired) electrons. The third kappa shape index (κ3) is 4.07. The SMILES string of the molecule is [2H]C([2H])([2H])CC(=O)c1cnc(Nc2ccc(F)cn2)cc1Nc1nccc2c1N(C)[C@H](C)c1cn(C)nc1-2. The van der Waals surface area contributed by atoms with E-state index < -0.39 is 24.9 Å². The van der Waals surface area contributed by atoms with Gasteiger partial charge in [0.25, 0.3) is 0 Å². The largest absolute Gasteiger partial charge is 0.364 e. The molecule has 5 heterocycles. The van der Waals surface area contributed by atoms with Crippen molar-refractivity contribution in [3.8, 4) is 11.3 Å². The second-order valence-corrected chi connectivity index (χ2v) is 8.28. The third-order valence-electron chi connectivity index (χ3n) is 6.02. The van der Waals surface area contributed by atoms with Crippen LogP contribution in [0.2, 0.25) is 0 Å². The number of anilines is 5. The van der Waals surface area contributed by atoms with Gasteiger partial charge in [0.2, 0.25) is 0 Å². The predicted octanol–water partition coefficient (Wildman–Crippen LogP) is 5.00. The van der Waals surface area contributed by atoms with E-state index in [2.05, 4.69) is 42.5 Å². The molecule has 0 saturated heterocycles. The number of ketones is 1. The van der Waals surface area contributed by atoms with E-state index in [0.717, 1.165) is 28.7 Å². The summed E-state index contributed by atoms with van der Waals surface area (Å²) >= 11 is 0. The maximum absolute atomic E-state index is 13.3. The highest BCUT2D eigenvalue weighted by Gasteiger charge is 2.31. The molecule has 0 amide bonds. The summed E-state index contributed by atoms with van der Waals surface area (Å²) in [6.45, 7) is -0.381. The molecule has 4 aromatic rings. The number of halogens is 1. The van der Waals surface area contributed by atoms with Crippen LogP contribution >= 0.6 is 0 Å². The fourth-order valence-corrected chi connectivity index (χ4v) is 4.17. The number of nitrogens with one attached hydrogen (secondary N) is 2. The standard InChI is InChI=1S/C25H25FN8O/c1-5-20(35)17-12-29-22(31-21-7-6-15(26)11-28-21)10-19(17)30-25-24-16(8-9-27-25)23-18(13-33(3)32-23)14(2)34(24)4/h6-14H,5H2,1-4H3,(H2,27,28,29,30,31)/t14-/m1/s1/i1D3. The number of fused-ring (bicyclic) bond motifs is 3. The molecule has 1 atom stereocenters. The fourth-order valence-electron chi connectivity index (χ4n) is 4.17. The second kappa shape index (κ2) is 8.79. The normalized spacial score (nSPS) is 15.9. The minimum Gasteiger partial charge on any atom is -0.364 e. The van der Waals surface area contributed by atoms with E-state index >= 15 is 0 Å². The van der Waals surface area contributed by atoms with Gasteiger partial charge in [-0.3, -0.25) is 9.48 Å². The highest BCUT2D eigenvalue weighted by atomic mass is 19.1. The van der Waals surface area contributed by atoms with Crippen LogP contribution in [0.3, 0.4) is 0 Å². The lowest BCUT2D eigenvalue weighted by molar-refractivity contribution is 0.0988. The molecule has 2 N–H and O–H groups in total. The summed E-state index contributed by atoms with van der Waals surface area (Å²) in [4.78, 5) is 27.8. The lowest BCUT2D eigenvalue weighted by Crippen LogP contribution is -2.27. The van der Waals surface area contributed by atoms with Gasteiger partial charge in [0.05, 0.1) is 34.9 Å². The van der Waals surface area contributed by atoms with Crippen molar-refractivity contribution in [2.45, 2.75) is 26.2 Å². The van der Waals surface area contributed by atoms with E-state index in [-0.39, 0.29) is 11.6 Å². The average molecular weight is 476 g/mol. The Labute approximate surface area is 206 Å².